The number of amides is 1. The fourth-order valence-corrected chi connectivity index (χ4v) is 7.02. The van der Waals surface area contributed by atoms with Crippen molar-refractivity contribution in [3.05, 3.63) is 0 Å². The molecule has 7 nitrogen and oxygen atoms in total. The number of nitrogens with zero attached hydrogens (tertiary/aromatic N) is 1. The van der Waals surface area contributed by atoms with Crippen LogP contribution in [-0.4, -0.2) is 71.2 Å². The minimum atomic E-state index is -0.737. The molecule has 2 saturated carbocycles. The van der Waals surface area contributed by atoms with Gasteiger partial charge in [-0.25, -0.2) is 0 Å². The molecule has 0 spiro atoms. The first-order valence-electron chi connectivity index (χ1n) is 13.3. The number of hydrogen-bond acceptors (Lipinski definition) is 6. The molecule has 0 aromatic heterocycles. The smallest absolute Gasteiger partial charge is 0.240 e. The molecule has 3 unspecified atom stereocenters. The van der Waals surface area contributed by atoms with Gasteiger partial charge in [-0.2, -0.15) is 5.06 Å². The first-order chi connectivity index (χ1) is 15.5. The van der Waals surface area contributed by atoms with Gasteiger partial charge in [-0.15, -0.1) is 0 Å². The van der Waals surface area contributed by atoms with E-state index < -0.39 is 24.2 Å². The van der Waals surface area contributed by atoms with E-state index in [0.29, 0.717) is 24.4 Å². The van der Waals surface area contributed by atoms with Gasteiger partial charge in [-0.1, -0.05) is 32.1 Å². The maximum atomic E-state index is 13.4. The molecule has 0 aromatic carbocycles. The molecule has 2 saturated heterocycles. The van der Waals surface area contributed by atoms with Crippen LogP contribution in [0.15, 0.2) is 0 Å². The van der Waals surface area contributed by atoms with Crippen molar-refractivity contribution >= 4 is 5.91 Å². The number of carbonyl (C=O) groups excluding carboxylic acids is 1. The Hall–Kier alpha value is -0.730. The summed E-state index contributed by atoms with van der Waals surface area (Å²) < 4.78 is 0. The zero-order chi connectivity index (χ0) is 22.7. The summed E-state index contributed by atoms with van der Waals surface area (Å²) in [5.41, 5.74) is 0. The largest absolute Gasteiger partial charge is 0.396 e. The molecule has 2 aliphatic carbocycles. The summed E-state index contributed by atoms with van der Waals surface area (Å²) in [5.74, 6) is 1.39. The summed E-state index contributed by atoms with van der Waals surface area (Å²) in [6.45, 7) is 5.38. The van der Waals surface area contributed by atoms with Crippen LogP contribution in [0.3, 0.4) is 0 Å². The van der Waals surface area contributed by atoms with E-state index in [-0.39, 0.29) is 18.6 Å². The van der Waals surface area contributed by atoms with Crippen LogP contribution in [0.4, 0.5) is 0 Å². The predicted octanol–water partition coefficient (Wildman–Crippen LogP) is 2.21. The third kappa shape index (κ3) is 5.17. The molecule has 2 aliphatic heterocycles. The van der Waals surface area contributed by atoms with E-state index in [1.807, 2.05) is 5.06 Å². The lowest BCUT2D eigenvalue weighted by atomic mass is 9.79. The highest BCUT2D eigenvalue weighted by Gasteiger charge is 2.51. The second-order valence-corrected chi connectivity index (χ2v) is 10.9. The number of aliphatic hydroxyl groups excluding tert-OH is 2. The molecule has 1 amide bonds. The Morgan fingerprint density at radius 1 is 1.12 bits per heavy atom. The van der Waals surface area contributed by atoms with Crippen LogP contribution in [0.25, 0.3) is 0 Å². The van der Waals surface area contributed by atoms with E-state index in [1.54, 1.807) is 6.92 Å². The molecular formula is C25H45N3O4. The first kappa shape index (κ1) is 24.4. The van der Waals surface area contributed by atoms with Crippen LogP contribution in [0.2, 0.25) is 0 Å². The molecule has 32 heavy (non-hydrogen) atoms. The van der Waals surface area contributed by atoms with Crippen molar-refractivity contribution in [2.45, 2.75) is 108 Å². The summed E-state index contributed by atoms with van der Waals surface area (Å²) in [6, 6.07) is 0.205. The Balaban J connectivity index is 1.38. The number of hydrogen-bond donors (Lipinski definition) is 4. The highest BCUT2D eigenvalue weighted by atomic mass is 16.7. The SMILES string of the molecule is C[C@H](C1CCCCC1)N1O[C@H]([C@@H](C)O)[C@H](CO)[C@@H]1C(=O)NCCC1CNC2CCCCC12. The topological polar surface area (TPSA) is 94.1 Å². The number of rotatable bonds is 8. The van der Waals surface area contributed by atoms with Gasteiger partial charge in [0.15, 0.2) is 0 Å². The van der Waals surface area contributed by atoms with Gasteiger partial charge >= 0.3 is 0 Å². The Kier molecular flexibility index (Phi) is 8.49. The molecule has 4 aliphatic rings. The van der Waals surface area contributed by atoms with Crippen LogP contribution in [0, 0.1) is 23.7 Å². The minimum absolute atomic E-state index is 0.0685. The van der Waals surface area contributed by atoms with Crippen molar-refractivity contribution in [3.8, 4) is 0 Å². The van der Waals surface area contributed by atoms with Crippen LogP contribution in [-0.2, 0) is 9.63 Å². The van der Waals surface area contributed by atoms with Crippen molar-refractivity contribution < 1.29 is 19.8 Å². The lowest BCUT2D eigenvalue weighted by molar-refractivity contribution is -0.214. The number of nitrogens with one attached hydrogen (secondary N) is 2. The summed E-state index contributed by atoms with van der Waals surface area (Å²) in [7, 11) is 0. The van der Waals surface area contributed by atoms with E-state index >= 15 is 0 Å². The van der Waals surface area contributed by atoms with Crippen molar-refractivity contribution in [1.29, 1.82) is 0 Å². The first-order valence-corrected chi connectivity index (χ1v) is 13.3. The van der Waals surface area contributed by atoms with Gasteiger partial charge in [-0.05, 0) is 70.3 Å². The fraction of sp³-hybridized carbons (Fsp3) is 0.960. The highest BCUT2D eigenvalue weighted by Crippen LogP contribution is 2.38. The summed E-state index contributed by atoms with van der Waals surface area (Å²) in [5, 5.41) is 29.1. The van der Waals surface area contributed by atoms with Crippen LogP contribution >= 0.6 is 0 Å². The van der Waals surface area contributed by atoms with Crippen molar-refractivity contribution in [1.82, 2.24) is 15.7 Å². The third-order valence-electron chi connectivity index (χ3n) is 8.91. The monoisotopic (exact) mass is 451 g/mol. The van der Waals surface area contributed by atoms with Crippen LogP contribution in [0.1, 0.15) is 78.1 Å². The zero-order valence-electron chi connectivity index (χ0n) is 20.0. The lowest BCUT2D eigenvalue weighted by Crippen LogP contribution is -2.52. The van der Waals surface area contributed by atoms with Gasteiger partial charge in [0.2, 0.25) is 5.91 Å². The van der Waals surface area contributed by atoms with Crippen molar-refractivity contribution in [2.24, 2.45) is 23.7 Å². The molecule has 184 valence electrons. The number of aliphatic hydroxyl groups is 2. The molecule has 0 aromatic rings. The average Bonchev–Trinajstić information content (AvgIpc) is 3.41. The number of carbonyl (C=O) groups is 1. The van der Waals surface area contributed by atoms with Crippen LogP contribution in [0.5, 0.6) is 0 Å². The summed E-state index contributed by atoms with van der Waals surface area (Å²) >= 11 is 0. The van der Waals surface area contributed by atoms with Gasteiger partial charge < -0.3 is 20.8 Å². The molecule has 7 heteroatoms. The molecule has 0 radical (unpaired) electrons. The van der Waals surface area contributed by atoms with Gasteiger partial charge in [0, 0.05) is 24.5 Å². The lowest BCUT2D eigenvalue weighted by Gasteiger charge is -2.36. The van der Waals surface area contributed by atoms with E-state index in [4.69, 9.17) is 4.84 Å². The summed E-state index contributed by atoms with van der Waals surface area (Å²) in [4.78, 5) is 19.6. The minimum Gasteiger partial charge on any atom is -0.396 e. The van der Waals surface area contributed by atoms with E-state index in [2.05, 4.69) is 17.6 Å². The quantitative estimate of drug-likeness (QED) is 0.452. The highest BCUT2D eigenvalue weighted by molar-refractivity contribution is 5.82. The second kappa shape index (κ2) is 11.1. The maximum Gasteiger partial charge on any atom is 0.240 e. The number of hydroxylamine groups is 2. The van der Waals surface area contributed by atoms with E-state index in [0.717, 1.165) is 31.7 Å². The molecule has 2 heterocycles. The molecule has 4 fully saturated rings. The summed E-state index contributed by atoms with van der Waals surface area (Å²) in [6.07, 6.45) is 11.0. The van der Waals surface area contributed by atoms with Crippen molar-refractivity contribution in [2.75, 3.05) is 19.7 Å². The fourth-order valence-electron chi connectivity index (χ4n) is 7.02. The van der Waals surface area contributed by atoms with Crippen molar-refractivity contribution in [3.63, 3.8) is 0 Å². The molecular weight excluding hydrogens is 406 g/mol. The Morgan fingerprint density at radius 2 is 1.84 bits per heavy atom. The normalized spacial score (nSPS) is 38.4. The Bertz CT molecular complexity index is 612. The van der Waals surface area contributed by atoms with Gasteiger partial charge in [0.25, 0.3) is 0 Å². The molecule has 0 bridgehead atoms. The standard InChI is InChI=1S/C25H45N3O4/c1-16(18-8-4-3-5-9-18)28-23(21(15-29)24(32-28)17(2)30)25(31)26-13-12-19-14-27-22-11-7-6-10-20(19)22/h16-24,27,29-30H,3-15H2,1-2H3,(H,26,31)/t16-,17-,19?,20?,21-,22?,23-,24-/m1/s1. The van der Waals surface area contributed by atoms with Gasteiger partial charge in [0.1, 0.15) is 12.1 Å². The predicted molar refractivity (Wildman–Crippen MR) is 124 cm³/mol. The zero-order valence-corrected chi connectivity index (χ0v) is 20.0. The maximum absolute atomic E-state index is 13.4. The van der Waals surface area contributed by atoms with E-state index in [1.165, 1.54) is 44.9 Å². The average molecular weight is 452 g/mol. The Morgan fingerprint density at radius 3 is 2.56 bits per heavy atom. The Labute approximate surface area is 193 Å². The third-order valence-corrected chi connectivity index (χ3v) is 8.91. The molecule has 8 atom stereocenters. The van der Waals surface area contributed by atoms with E-state index in [9.17, 15) is 15.0 Å². The van der Waals surface area contributed by atoms with Gasteiger partial charge in [-0.3, -0.25) is 9.63 Å². The van der Waals surface area contributed by atoms with Crippen LogP contribution < -0.4 is 10.6 Å². The second-order valence-electron chi connectivity index (χ2n) is 10.9. The molecule has 4 N–H and O–H groups in total. The van der Waals surface area contributed by atoms with Gasteiger partial charge in [0.05, 0.1) is 12.7 Å². The molecule has 4 rings (SSSR count). The number of fused-ring (bicyclic) bond motifs is 1.